The summed E-state index contributed by atoms with van der Waals surface area (Å²) in [6, 6.07) is 10.5. The van der Waals surface area contributed by atoms with Crippen LogP contribution in [0.5, 0.6) is 0 Å². The minimum atomic E-state index is 1.17. The normalized spacial score (nSPS) is 14.7. The third-order valence-corrected chi connectivity index (χ3v) is 2.41. The van der Waals surface area contributed by atoms with Gasteiger partial charge in [0.25, 0.3) is 0 Å². The quantitative estimate of drug-likeness (QED) is 0.486. The molecule has 2 rings (SSSR count). The highest BCUT2D eigenvalue weighted by Crippen LogP contribution is 2.28. The zero-order valence-electron chi connectivity index (χ0n) is 8.45. The molecule has 0 heteroatoms. The van der Waals surface area contributed by atoms with Crippen LogP contribution in [-0.2, 0) is 0 Å². The molecule has 0 spiro atoms. The Morgan fingerprint density at radius 1 is 1.00 bits per heavy atom. The van der Waals surface area contributed by atoms with Gasteiger partial charge in [0.1, 0.15) is 0 Å². The number of allylic oxidation sites excluding steroid dienone is 3. The van der Waals surface area contributed by atoms with Crippen LogP contribution < -0.4 is 0 Å². The standard InChI is InChI=1S/C14H16/c1-3-7-13(8-4-1)9-5-2-6-10-14-11-12-14/h1,3-5,7-10H,2,6,11-12H2. The third kappa shape index (κ3) is 3.21. The Balaban J connectivity index is 1.74. The maximum Gasteiger partial charge on any atom is -0.0260 e. The summed E-state index contributed by atoms with van der Waals surface area (Å²) >= 11 is 0. The monoisotopic (exact) mass is 184 g/mol. The number of benzene rings is 1. The van der Waals surface area contributed by atoms with Gasteiger partial charge in [-0.05, 0) is 31.2 Å². The van der Waals surface area contributed by atoms with Crippen molar-refractivity contribution in [3.8, 4) is 0 Å². The molecule has 0 bridgehead atoms. The largest absolute Gasteiger partial charge is 0.0850 e. The lowest BCUT2D eigenvalue weighted by Gasteiger charge is -1.90. The van der Waals surface area contributed by atoms with E-state index in [1.165, 1.54) is 31.2 Å². The molecule has 1 aliphatic carbocycles. The predicted molar refractivity (Wildman–Crippen MR) is 62.0 cm³/mol. The molecular weight excluding hydrogens is 168 g/mol. The van der Waals surface area contributed by atoms with Gasteiger partial charge in [0.15, 0.2) is 0 Å². The van der Waals surface area contributed by atoms with Gasteiger partial charge in [-0.15, -0.1) is 0 Å². The number of rotatable bonds is 4. The number of unbranched alkanes of at least 4 members (excludes halogenated alkanes) is 1. The molecule has 14 heavy (non-hydrogen) atoms. The molecule has 0 saturated heterocycles. The summed E-state index contributed by atoms with van der Waals surface area (Å²) in [5.41, 5.74) is 2.95. The molecule has 0 radical (unpaired) electrons. The maximum absolute atomic E-state index is 2.38. The van der Waals surface area contributed by atoms with Crippen molar-refractivity contribution < 1.29 is 0 Å². The molecule has 72 valence electrons. The lowest BCUT2D eigenvalue weighted by molar-refractivity contribution is 1.05. The SMILES string of the molecule is C(=Cc1ccccc1)CCC=C1CC1. The van der Waals surface area contributed by atoms with Gasteiger partial charge in [-0.1, -0.05) is 54.1 Å². The van der Waals surface area contributed by atoms with Gasteiger partial charge in [-0.2, -0.15) is 0 Å². The van der Waals surface area contributed by atoms with Gasteiger partial charge in [-0.3, -0.25) is 0 Å². The van der Waals surface area contributed by atoms with Crippen molar-refractivity contribution in [3.63, 3.8) is 0 Å². The molecule has 0 aliphatic heterocycles. The molecule has 0 unspecified atom stereocenters. The van der Waals surface area contributed by atoms with Crippen LogP contribution in [0.2, 0.25) is 0 Å². The predicted octanol–water partition coefficient (Wildman–Crippen LogP) is 4.20. The Morgan fingerprint density at radius 2 is 1.79 bits per heavy atom. The van der Waals surface area contributed by atoms with Gasteiger partial charge < -0.3 is 0 Å². The Hall–Kier alpha value is -1.30. The lowest BCUT2D eigenvalue weighted by atomic mass is 10.2. The van der Waals surface area contributed by atoms with E-state index in [0.717, 1.165) is 0 Å². The molecule has 0 amide bonds. The van der Waals surface area contributed by atoms with E-state index in [9.17, 15) is 0 Å². The summed E-state index contributed by atoms with van der Waals surface area (Å²) in [6.45, 7) is 0. The van der Waals surface area contributed by atoms with Gasteiger partial charge in [0.2, 0.25) is 0 Å². The Bertz CT molecular complexity index is 324. The van der Waals surface area contributed by atoms with Crippen LogP contribution >= 0.6 is 0 Å². The molecule has 1 fully saturated rings. The molecule has 0 atom stereocenters. The fourth-order valence-electron chi connectivity index (χ4n) is 1.44. The summed E-state index contributed by atoms with van der Waals surface area (Å²) in [5, 5.41) is 0. The molecule has 0 N–H and O–H groups in total. The summed E-state index contributed by atoms with van der Waals surface area (Å²) in [7, 11) is 0. The average Bonchev–Trinajstić information content (AvgIpc) is 3.03. The van der Waals surface area contributed by atoms with Crippen LogP contribution in [0.3, 0.4) is 0 Å². The van der Waals surface area contributed by atoms with Crippen molar-refractivity contribution in [2.24, 2.45) is 0 Å². The van der Waals surface area contributed by atoms with Gasteiger partial charge in [0.05, 0.1) is 0 Å². The van der Waals surface area contributed by atoms with E-state index in [4.69, 9.17) is 0 Å². The minimum Gasteiger partial charge on any atom is -0.0850 e. The molecule has 0 heterocycles. The molecular formula is C14H16. The van der Waals surface area contributed by atoms with Gasteiger partial charge in [0, 0.05) is 0 Å². The molecule has 1 aromatic rings. The van der Waals surface area contributed by atoms with E-state index < -0.39 is 0 Å². The topological polar surface area (TPSA) is 0 Å². The second-order valence-corrected chi connectivity index (χ2v) is 3.75. The van der Waals surface area contributed by atoms with Crippen molar-refractivity contribution >= 4 is 6.08 Å². The Labute approximate surface area is 86.0 Å². The van der Waals surface area contributed by atoms with Crippen LogP contribution in [0.25, 0.3) is 6.08 Å². The fraction of sp³-hybridized carbons (Fsp3) is 0.286. The first-order chi connectivity index (χ1) is 6.95. The second kappa shape index (κ2) is 4.80. The summed E-state index contributed by atoms with van der Waals surface area (Å²) in [6.07, 6.45) is 11.9. The van der Waals surface area contributed by atoms with E-state index >= 15 is 0 Å². The third-order valence-electron chi connectivity index (χ3n) is 2.41. The highest BCUT2D eigenvalue weighted by atomic mass is 14.1. The lowest BCUT2D eigenvalue weighted by Crippen LogP contribution is -1.69. The zero-order valence-corrected chi connectivity index (χ0v) is 8.45. The van der Waals surface area contributed by atoms with E-state index in [0.29, 0.717) is 0 Å². The van der Waals surface area contributed by atoms with Crippen LogP contribution in [0.4, 0.5) is 0 Å². The molecule has 1 aromatic carbocycles. The summed E-state index contributed by atoms with van der Waals surface area (Å²) < 4.78 is 0. The Kier molecular flexibility index (Phi) is 3.18. The second-order valence-electron chi connectivity index (χ2n) is 3.75. The maximum atomic E-state index is 2.38. The van der Waals surface area contributed by atoms with E-state index in [2.05, 4.69) is 48.6 Å². The van der Waals surface area contributed by atoms with E-state index in [1.807, 2.05) is 0 Å². The van der Waals surface area contributed by atoms with Crippen LogP contribution in [-0.4, -0.2) is 0 Å². The highest BCUT2D eigenvalue weighted by Gasteiger charge is 2.08. The summed E-state index contributed by atoms with van der Waals surface area (Å²) in [5.74, 6) is 0. The highest BCUT2D eigenvalue weighted by molar-refractivity contribution is 5.48. The minimum absolute atomic E-state index is 1.17. The molecule has 0 aromatic heterocycles. The van der Waals surface area contributed by atoms with E-state index in [1.54, 1.807) is 5.57 Å². The number of hydrogen-bond acceptors (Lipinski definition) is 0. The van der Waals surface area contributed by atoms with Crippen molar-refractivity contribution in [2.75, 3.05) is 0 Å². The molecule has 1 saturated carbocycles. The zero-order chi connectivity index (χ0) is 9.64. The first-order valence-electron chi connectivity index (χ1n) is 5.34. The van der Waals surface area contributed by atoms with Crippen molar-refractivity contribution in [3.05, 3.63) is 53.6 Å². The van der Waals surface area contributed by atoms with Crippen LogP contribution in [0.15, 0.2) is 48.1 Å². The molecule has 1 aliphatic rings. The van der Waals surface area contributed by atoms with Crippen molar-refractivity contribution in [2.45, 2.75) is 25.7 Å². The van der Waals surface area contributed by atoms with Gasteiger partial charge in [-0.25, -0.2) is 0 Å². The Morgan fingerprint density at radius 3 is 2.50 bits per heavy atom. The fourth-order valence-corrected chi connectivity index (χ4v) is 1.44. The van der Waals surface area contributed by atoms with Crippen LogP contribution in [0.1, 0.15) is 31.2 Å². The number of hydrogen-bond donors (Lipinski definition) is 0. The van der Waals surface area contributed by atoms with Crippen molar-refractivity contribution in [1.29, 1.82) is 0 Å². The van der Waals surface area contributed by atoms with E-state index in [-0.39, 0.29) is 0 Å². The van der Waals surface area contributed by atoms with Crippen molar-refractivity contribution in [1.82, 2.24) is 0 Å². The first-order valence-corrected chi connectivity index (χ1v) is 5.34. The first kappa shape index (κ1) is 9.26. The molecule has 0 nitrogen and oxygen atoms in total. The summed E-state index contributed by atoms with van der Waals surface area (Å²) in [4.78, 5) is 0. The smallest absolute Gasteiger partial charge is 0.0260 e. The van der Waals surface area contributed by atoms with Crippen LogP contribution in [0, 0.1) is 0 Å². The van der Waals surface area contributed by atoms with Gasteiger partial charge >= 0.3 is 0 Å². The average molecular weight is 184 g/mol.